The fourth-order valence-electron chi connectivity index (χ4n) is 2.91. The van der Waals surface area contributed by atoms with Crippen LogP contribution in [0.2, 0.25) is 0 Å². The van der Waals surface area contributed by atoms with Crippen molar-refractivity contribution in [2.75, 3.05) is 26.8 Å². The Morgan fingerprint density at radius 1 is 1.36 bits per heavy atom. The summed E-state index contributed by atoms with van der Waals surface area (Å²) >= 11 is 0. The van der Waals surface area contributed by atoms with Gasteiger partial charge in [-0.25, -0.2) is 0 Å². The van der Waals surface area contributed by atoms with Crippen LogP contribution in [0, 0.1) is 5.41 Å². The van der Waals surface area contributed by atoms with Crippen molar-refractivity contribution in [2.24, 2.45) is 5.41 Å². The van der Waals surface area contributed by atoms with Crippen molar-refractivity contribution in [3.8, 4) is 5.75 Å². The molecule has 5 nitrogen and oxygen atoms in total. The van der Waals surface area contributed by atoms with Crippen LogP contribution < -0.4 is 4.74 Å². The van der Waals surface area contributed by atoms with E-state index in [1.807, 2.05) is 25.1 Å². The number of nitrogens with zero attached hydrogens (tertiary/aromatic N) is 1. The third-order valence-corrected chi connectivity index (χ3v) is 4.20. The van der Waals surface area contributed by atoms with Crippen LogP contribution in [0.4, 0.5) is 0 Å². The molecule has 0 N–H and O–H groups in total. The summed E-state index contributed by atoms with van der Waals surface area (Å²) in [6, 6.07) is 5.91. The second kappa shape index (κ2) is 5.48. The van der Waals surface area contributed by atoms with Crippen LogP contribution in [0.1, 0.15) is 18.1 Å². The van der Waals surface area contributed by atoms with Crippen LogP contribution in [0.25, 0.3) is 6.08 Å². The minimum absolute atomic E-state index is 0.0851. The molecule has 0 spiro atoms. The van der Waals surface area contributed by atoms with E-state index in [9.17, 15) is 9.59 Å². The van der Waals surface area contributed by atoms with Gasteiger partial charge in [0.25, 0.3) is 0 Å². The lowest BCUT2D eigenvalue weighted by Gasteiger charge is -2.45. The molecule has 0 unspecified atom stereocenters. The summed E-state index contributed by atoms with van der Waals surface area (Å²) in [7, 11) is 1.37. The minimum atomic E-state index is -0.566. The van der Waals surface area contributed by atoms with E-state index in [1.165, 1.54) is 12.7 Å². The molecule has 0 aliphatic carbocycles. The Morgan fingerprint density at radius 2 is 2.14 bits per heavy atom. The lowest BCUT2D eigenvalue weighted by Crippen LogP contribution is -2.60. The monoisotopic (exact) mass is 301 g/mol. The van der Waals surface area contributed by atoms with Crippen LogP contribution in [0.15, 0.2) is 24.3 Å². The van der Waals surface area contributed by atoms with E-state index in [1.54, 1.807) is 17.1 Å². The van der Waals surface area contributed by atoms with Gasteiger partial charge in [-0.15, -0.1) is 0 Å². The number of methoxy groups -OCH3 is 1. The van der Waals surface area contributed by atoms with Gasteiger partial charge in [0.2, 0.25) is 5.91 Å². The fraction of sp³-hybridized carbons (Fsp3) is 0.412. The number of amides is 1. The number of carbonyl (C=O) groups is 2. The molecule has 1 aromatic carbocycles. The quantitative estimate of drug-likeness (QED) is 0.629. The summed E-state index contributed by atoms with van der Waals surface area (Å²) in [6.45, 7) is 3.34. The second-order valence-electron chi connectivity index (χ2n) is 6.05. The molecule has 1 fully saturated rings. The Labute approximate surface area is 129 Å². The summed E-state index contributed by atoms with van der Waals surface area (Å²) in [5, 5.41) is 0. The number of fused-ring (bicyclic) bond motifs is 1. The maximum absolute atomic E-state index is 12.1. The first-order valence-corrected chi connectivity index (χ1v) is 7.33. The largest absolute Gasteiger partial charge is 0.493 e. The van der Waals surface area contributed by atoms with Gasteiger partial charge in [-0.1, -0.05) is 6.07 Å². The van der Waals surface area contributed by atoms with Crippen molar-refractivity contribution >= 4 is 18.0 Å². The van der Waals surface area contributed by atoms with Gasteiger partial charge in [0.15, 0.2) is 0 Å². The molecule has 2 heterocycles. The second-order valence-corrected chi connectivity index (χ2v) is 6.05. The number of benzene rings is 1. The number of ether oxygens (including phenoxy) is 2. The molecule has 22 heavy (non-hydrogen) atoms. The molecule has 0 aromatic heterocycles. The van der Waals surface area contributed by atoms with E-state index >= 15 is 0 Å². The Morgan fingerprint density at radius 3 is 2.86 bits per heavy atom. The van der Waals surface area contributed by atoms with Gasteiger partial charge in [-0.3, -0.25) is 9.59 Å². The molecule has 0 radical (unpaired) electrons. The molecule has 1 amide bonds. The summed E-state index contributed by atoms with van der Waals surface area (Å²) < 4.78 is 10.2. The Kier molecular flexibility index (Phi) is 3.64. The van der Waals surface area contributed by atoms with Crippen LogP contribution in [-0.4, -0.2) is 43.6 Å². The van der Waals surface area contributed by atoms with Gasteiger partial charge < -0.3 is 14.4 Å². The highest BCUT2D eigenvalue weighted by atomic mass is 16.5. The molecule has 1 saturated heterocycles. The Balaban J connectivity index is 1.60. The van der Waals surface area contributed by atoms with Gasteiger partial charge in [0.05, 0.1) is 13.7 Å². The number of likely N-dealkylation sites (tertiary alicyclic amines) is 1. The molecule has 2 aliphatic rings. The summed E-state index contributed by atoms with van der Waals surface area (Å²) in [4.78, 5) is 25.3. The maximum atomic E-state index is 12.1. The molecule has 5 heteroatoms. The first-order chi connectivity index (χ1) is 10.5. The van der Waals surface area contributed by atoms with Gasteiger partial charge >= 0.3 is 5.97 Å². The van der Waals surface area contributed by atoms with Gasteiger partial charge in [0, 0.05) is 25.6 Å². The molecule has 0 bridgehead atoms. The van der Waals surface area contributed by atoms with Crippen molar-refractivity contribution in [1.29, 1.82) is 0 Å². The van der Waals surface area contributed by atoms with Gasteiger partial charge in [-0.05, 0) is 36.3 Å². The molecule has 1 aromatic rings. The third-order valence-electron chi connectivity index (χ3n) is 4.20. The molecular weight excluding hydrogens is 282 g/mol. The van der Waals surface area contributed by atoms with Crippen LogP contribution in [0.5, 0.6) is 5.75 Å². The lowest BCUT2D eigenvalue weighted by atomic mass is 9.82. The smallest absolute Gasteiger partial charge is 0.315 e. The summed E-state index contributed by atoms with van der Waals surface area (Å²) in [5.41, 5.74) is 1.59. The highest BCUT2D eigenvalue weighted by Crippen LogP contribution is 2.31. The van der Waals surface area contributed by atoms with E-state index in [2.05, 4.69) is 0 Å². The normalized spacial score (nSPS) is 18.5. The molecule has 0 saturated carbocycles. The predicted octanol–water partition coefficient (Wildman–Crippen LogP) is 1.66. The zero-order valence-corrected chi connectivity index (χ0v) is 12.8. The average Bonchev–Trinajstić information content (AvgIpc) is 2.96. The van der Waals surface area contributed by atoms with Crippen molar-refractivity contribution in [2.45, 2.75) is 13.3 Å². The van der Waals surface area contributed by atoms with Crippen LogP contribution in [0.3, 0.4) is 0 Å². The minimum Gasteiger partial charge on any atom is -0.493 e. The van der Waals surface area contributed by atoms with Crippen LogP contribution >= 0.6 is 0 Å². The number of hydrogen-bond acceptors (Lipinski definition) is 4. The van der Waals surface area contributed by atoms with Crippen molar-refractivity contribution in [1.82, 2.24) is 4.90 Å². The standard InChI is InChI=1S/C17H19NO4/c1-17(16(20)21-2)10-18(11-17)15(19)6-4-12-3-5-14-13(9-12)7-8-22-14/h3-6,9H,7-8,10-11H2,1-2H3. The number of hydrogen-bond donors (Lipinski definition) is 0. The van der Waals surface area contributed by atoms with E-state index < -0.39 is 5.41 Å². The summed E-state index contributed by atoms with van der Waals surface area (Å²) in [6.07, 6.45) is 4.26. The molecule has 0 atom stereocenters. The maximum Gasteiger partial charge on any atom is 0.315 e. The van der Waals surface area contributed by atoms with Gasteiger partial charge in [-0.2, -0.15) is 0 Å². The number of esters is 1. The zero-order valence-electron chi connectivity index (χ0n) is 12.8. The van der Waals surface area contributed by atoms with E-state index in [-0.39, 0.29) is 11.9 Å². The SMILES string of the molecule is COC(=O)C1(C)CN(C(=O)C=Cc2ccc3c(c2)CCO3)C1. The number of rotatable bonds is 3. The topological polar surface area (TPSA) is 55.8 Å². The third kappa shape index (κ3) is 2.58. The predicted molar refractivity (Wildman–Crippen MR) is 81.4 cm³/mol. The van der Waals surface area contributed by atoms with E-state index in [0.29, 0.717) is 13.1 Å². The summed E-state index contributed by atoms with van der Waals surface area (Å²) in [5.74, 6) is 0.581. The lowest BCUT2D eigenvalue weighted by molar-refractivity contribution is -0.165. The fourth-order valence-corrected chi connectivity index (χ4v) is 2.91. The van der Waals surface area contributed by atoms with Crippen LogP contribution in [-0.2, 0) is 20.7 Å². The number of carbonyl (C=O) groups excluding carboxylic acids is 2. The Hall–Kier alpha value is -2.30. The van der Waals surface area contributed by atoms with E-state index in [0.717, 1.165) is 24.3 Å². The molecular formula is C17H19NO4. The zero-order chi connectivity index (χ0) is 15.7. The highest BCUT2D eigenvalue weighted by molar-refractivity contribution is 5.94. The highest BCUT2D eigenvalue weighted by Gasteiger charge is 2.47. The molecule has 3 rings (SSSR count). The Bertz CT molecular complexity index is 644. The molecule has 2 aliphatic heterocycles. The van der Waals surface area contributed by atoms with E-state index in [4.69, 9.17) is 9.47 Å². The average molecular weight is 301 g/mol. The molecule has 116 valence electrons. The van der Waals surface area contributed by atoms with Crippen molar-refractivity contribution < 1.29 is 19.1 Å². The van der Waals surface area contributed by atoms with Crippen molar-refractivity contribution in [3.63, 3.8) is 0 Å². The first-order valence-electron chi connectivity index (χ1n) is 7.33. The van der Waals surface area contributed by atoms with Gasteiger partial charge in [0.1, 0.15) is 11.2 Å². The first kappa shape index (κ1) is 14.6. The van der Waals surface area contributed by atoms with Crippen molar-refractivity contribution in [3.05, 3.63) is 35.4 Å².